The monoisotopic (exact) mass is 340 g/mol. The average Bonchev–Trinajstić information content (AvgIpc) is 3.14. The van der Waals surface area contributed by atoms with Crippen LogP contribution in [0.15, 0.2) is 48.5 Å². The molecule has 0 spiro atoms. The van der Waals surface area contributed by atoms with Crippen LogP contribution in [-0.4, -0.2) is 37.2 Å². The summed E-state index contributed by atoms with van der Waals surface area (Å²) in [6.45, 7) is 0.646. The topological polar surface area (TPSA) is 87.7 Å². The summed E-state index contributed by atoms with van der Waals surface area (Å²) in [4.78, 5) is 24.2. The summed E-state index contributed by atoms with van der Waals surface area (Å²) in [7, 11) is 1.59. The molecule has 0 radical (unpaired) electrons. The number of nitrogens with one attached hydrogen (secondary N) is 2. The number of benzene rings is 2. The number of aliphatic carboxylic acids is 1. The molecule has 1 saturated heterocycles. The molecular weight excluding hydrogens is 320 g/mol. The van der Waals surface area contributed by atoms with Crippen LogP contribution in [-0.2, 0) is 9.59 Å². The second-order valence-electron chi connectivity index (χ2n) is 6.05. The molecule has 0 bridgehead atoms. The molecule has 0 aromatic heterocycles. The van der Waals surface area contributed by atoms with Crippen molar-refractivity contribution in [2.24, 2.45) is 5.41 Å². The van der Waals surface area contributed by atoms with Crippen molar-refractivity contribution in [3.63, 3.8) is 0 Å². The number of hydrogen-bond acceptors (Lipinski definition) is 4. The van der Waals surface area contributed by atoms with E-state index in [1.165, 1.54) is 0 Å². The number of anilines is 1. The zero-order valence-corrected chi connectivity index (χ0v) is 13.9. The van der Waals surface area contributed by atoms with Gasteiger partial charge in [0.2, 0.25) is 5.91 Å². The van der Waals surface area contributed by atoms with E-state index in [1.54, 1.807) is 25.3 Å². The Hall–Kier alpha value is -2.86. The van der Waals surface area contributed by atoms with Gasteiger partial charge in [-0.05, 0) is 36.7 Å². The fraction of sp³-hybridized carbons (Fsp3) is 0.263. The molecule has 6 heteroatoms. The molecule has 3 rings (SSSR count). The Balaban J connectivity index is 1.91. The number of ether oxygens (including phenoxy) is 1. The summed E-state index contributed by atoms with van der Waals surface area (Å²) < 4.78 is 5.40. The van der Waals surface area contributed by atoms with Crippen molar-refractivity contribution in [2.45, 2.75) is 6.42 Å². The highest BCUT2D eigenvalue weighted by atomic mass is 16.5. The van der Waals surface area contributed by atoms with Crippen molar-refractivity contribution in [1.29, 1.82) is 0 Å². The summed E-state index contributed by atoms with van der Waals surface area (Å²) in [6.07, 6.45) is 0.274. The van der Waals surface area contributed by atoms with Crippen molar-refractivity contribution >= 4 is 17.6 Å². The molecule has 0 saturated carbocycles. The fourth-order valence-electron chi connectivity index (χ4n) is 3.05. The van der Waals surface area contributed by atoms with Crippen molar-refractivity contribution in [1.82, 2.24) is 5.32 Å². The van der Waals surface area contributed by atoms with Gasteiger partial charge in [-0.2, -0.15) is 0 Å². The number of carboxylic acid groups (broad SMARTS) is 1. The summed E-state index contributed by atoms with van der Waals surface area (Å²) in [5.41, 5.74) is 0.894. The standard InChI is InChI=1S/C19H20N2O4/c1-25-16-8-7-14(11-15(16)13-5-3-2-4-6-13)21-17(22)19(18(23)24)9-10-20-12-19/h2-8,11,20H,9-10,12H2,1H3,(H,21,22)(H,23,24). The van der Waals surface area contributed by atoms with Crippen molar-refractivity contribution < 1.29 is 19.4 Å². The lowest BCUT2D eigenvalue weighted by molar-refractivity contribution is -0.152. The van der Waals surface area contributed by atoms with Gasteiger partial charge in [0.05, 0.1) is 7.11 Å². The number of amides is 1. The Morgan fingerprint density at radius 3 is 2.56 bits per heavy atom. The Bertz CT molecular complexity index is 783. The highest BCUT2D eigenvalue weighted by Crippen LogP contribution is 2.34. The molecule has 2 aromatic rings. The third kappa shape index (κ3) is 3.21. The maximum atomic E-state index is 12.6. The molecular formula is C19H20N2O4. The summed E-state index contributed by atoms with van der Waals surface area (Å²) in [5.74, 6) is -0.930. The van der Waals surface area contributed by atoms with Crippen LogP contribution in [0.5, 0.6) is 5.75 Å². The van der Waals surface area contributed by atoms with Crippen LogP contribution in [0.1, 0.15) is 6.42 Å². The SMILES string of the molecule is COc1ccc(NC(=O)C2(C(=O)O)CCNC2)cc1-c1ccccc1. The van der Waals surface area contributed by atoms with E-state index in [9.17, 15) is 14.7 Å². The minimum absolute atomic E-state index is 0.135. The van der Waals surface area contributed by atoms with Gasteiger partial charge in [-0.1, -0.05) is 30.3 Å². The van der Waals surface area contributed by atoms with Crippen LogP contribution in [0, 0.1) is 5.41 Å². The van der Waals surface area contributed by atoms with Crippen LogP contribution < -0.4 is 15.4 Å². The molecule has 25 heavy (non-hydrogen) atoms. The quantitative estimate of drug-likeness (QED) is 0.727. The number of methoxy groups -OCH3 is 1. The molecule has 1 heterocycles. The molecule has 1 unspecified atom stereocenters. The van der Waals surface area contributed by atoms with E-state index in [4.69, 9.17) is 4.74 Å². The first-order valence-corrected chi connectivity index (χ1v) is 8.06. The minimum Gasteiger partial charge on any atom is -0.496 e. The van der Waals surface area contributed by atoms with Crippen LogP contribution in [0.25, 0.3) is 11.1 Å². The fourth-order valence-corrected chi connectivity index (χ4v) is 3.05. The van der Waals surface area contributed by atoms with Crippen LogP contribution in [0.4, 0.5) is 5.69 Å². The first-order chi connectivity index (χ1) is 12.1. The van der Waals surface area contributed by atoms with Crippen LogP contribution in [0.2, 0.25) is 0 Å². The number of carboxylic acids is 1. The summed E-state index contributed by atoms with van der Waals surface area (Å²) in [6, 6.07) is 14.9. The Kier molecular flexibility index (Phi) is 4.72. The van der Waals surface area contributed by atoms with E-state index in [1.807, 2.05) is 30.3 Å². The zero-order chi connectivity index (χ0) is 17.9. The van der Waals surface area contributed by atoms with Gasteiger partial charge in [-0.15, -0.1) is 0 Å². The van der Waals surface area contributed by atoms with Gasteiger partial charge in [-0.3, -0.25) is 9.59 Å². The third-order valence-electron chi connectivity index (χ3n) is 4.54. The third-order valence-corrected chi connectivity index (χ3v) is 4.54. The highest BCUT2D eigenvalue weighted by Gasteiger charge is 2.48. The first-order valence-electron chi connectivity index (χ1n) is 8.06. The number of hydrogen-bond donors (Lipinski definition) is 3. The van der Waals surface area contributed by atoms with Crippen LogP contribution >= 0.6 is 0 Å². The van der Waals surface area contributed by atoms with E-state index in [-0.39, 0.29) is 13.0 Å². The second kappa shape index (κ2) is 6.94. The maximum Gasteiger partial charge on any atom is 0.320 e. The highest BCUT2D eigenvalue weighted by molar-refractivity contribution is 6.09. The lowest BCUT2D eigenvalue weighted by atomic mass is 9.86. The van der Waals surface area contributed by atoms with E-state index >= 15 is 0 Å². The Morgan fingerprint density at radius 2 is 1.96 bits per heavy atom. The van der Waals surface area contributed by atoms with Gasteiger partial charge < -0.3 is 20.5 Å². The van der Waals surface area contributed by atoms with Gasteiger partial charge >= 0.3 is 5.97 Å². The van der Waals surface area contributed by atoms with E-state index in [2.05, 4.69) is 10.6 Å². The smallest absolute Gasteiger partial charge is 0.320 e. The summed E-state index contributed by atoms with van der Waals surface area (Å²) >= 11 is 0. The number of carbonyl (C=O) groups is 2. The molecule has 1 amide bonds. The second-order valence-corrected chi connectivity index (χ2v) is 6.05. The molecule has 3 N–H and O–H groups in total. The van der Waals surface area contributed by atoms with Gasteiger partial charge in [0.1, 0.15) is 5.75 Å². The average molecular weight is 340 g/mol. The van der Waals surface area contributed by atoms with Crippen molar-refractivity contribution in [3.8, 4) is 16.9 Å². The van der Waals surface area contributed by atoms with Crippen molar-refractivity contribution in [3.05, 3.63) is 48.5 Å². The molecule has 1 fully saturated rings. The number of carbonyl (C=O) groups excluding carboxylic acids is 1. The van der Waals surface area contributed by atoms with Gasteiger partial charge in [0, 0.05) is 17.8 Å². The minimum atomic E-state index is -1.42. The van der Waals surface area contributed by atoms with Gasteiger partial charge in [0.25, 0.3) is 0 Å². The van der Waals surface area contributed by atoms with E-state index in [0.717, 1.165) is 11.1 Å². The molecule has 130 valence electrons. The predicted octanol–water partition coefficient (Wildman–Crippen LogP) is 2.37. The lowest BCUT2D eigenvalue weighted by Gasteiger charge is -2.22. The van der Waals surface area contributed by atoms with Crippen LogP contribution in [0.3, 0.4) is 0 Å². The molecule has 1 atom stereocenters. The van der Waals surface area contributed by atoms with Gasteiger partial charge in [-0.25, -0.2) is 0 Å². The van der Waals surface area contributed by atoms with Crippen molar-refractivity contribution in [2.75, 3.05) is 25.5 Å². The largest absolute Gasteiger partial charge is 0.496 e. The normalized spacial score (nSPS) is 19.4. The Labute approximate surface area is 145 Å². The molecule has 6 nitrogen and oxygen atoms in total. The molecule has 2 aromatic carbocycles. The molecule has 0 aliphatic carbocycles. The molecule has 1 aliphatic rings. The van der Waals surface area contributed by atoms with E-state index < -0.39 is 17.3 Å². The predicted molar refractivity (Wildman–Crippen MR) is 94.6 cm³/mol. The number of rotatable bonds is 5. The lowest BCUT2D eigenvalue weighted by Crippen LogP contribution is -2.44. The maximum absolute atomic E-state index is 12.6. The zero-order valence-electron chi connectivity index (χ0n) is 13.9. The summed E-state index contributed by atoms with van der Waals surface area (Å²) in [5, 5.41) is 15.2. The Morgan fingerprint density at radius 1 is 1.20 bits per heavy atom. The van der Waals surface area contributed by atoms with E-state index in [0.29, 0.717) is 18.0 Å². The molecule has 1 aliphatic heterocycles. The first kappa shape index (κ1) is 17.0. The van der Waals surface area contributed by atoms with Gasteiger partial charge in [0.15, 0.2) is 5.41 Å².